The highest BCUT2D eigenvalue weighted by Gasteiger charge is 2.20. The van der Waals surface area contributed by atoms with E-state index in [0.717, 1.165) is 18.5 Å². The minimum atomic E-state index is -0.434. The minimum absolute atomic E-state index is 0.239. The molecule has 0 aliphatic heterocycles. The summed E-state index contributed by atoms with van der Waals surface area (Å²) >= 11 is 0. The van der Waals surface area contributed by atoms with Crippen molar-refractivity contribution in [3.63, 3.8) is 0 Å². The highest BCUT2D eigenvalue weighted by molar-refractivity contribution is 5.67. The highest BCUT2D eigenvalue weighted by atomic mass is 16.6. The highest BCUT2D eigenvalue weighted by Crippen LogP contribution is 2.19. The van der Waals surface area contributed by atoms with Gasteiger partial charge in [-0.2, -0.15) is 0 Å². The SMILES string of the molecule is CC(OC(=O)NC1CCCCC1)c1cn(-c2ccccc2)nn1. The number of nitrogens with zero attached hydrogens (tertiary/aromatic N) is 3. The molecule has 122 valence electrons. The van der Waals surface area contributed by atoms with Crippen LogP contribution in [0.2, 0.25) is 0 Å². The van der Waals surface area contributed by atoms with Gasteiger partial charge in [0.1, 0.15) is 11.8 Å². The Balaban J connectivity index is 1.56. The molecule has 23 heavy (non-hydrogen) atoms. The molecular formula is C17H22N4O2. The van der Waals surface area contributed by atoms with Crippen LogP contribution in [0, 0.1) is 0 Å². The van der Waals surface area contributed by atoms with E-state index >= 15 is 0 Å². The quantitative estimate of drug-likeness (QED) is 0.939. The van der Waals surface area contributed by atoms with Gasteiger partial charge in [-0.25, -0.2) is 9.48 Å². The number of ether oxygens (including phenoxy) is 1. The lowest BCUT2D eigenvalue weighted by molar-refractivity contribution is 0.0996. The molecule has 3 rings (SSSR count). The maximum absolute atomic E-state index is 12.0. The molecule has 1 aliphatic carbocycles. The molecule has 0 saturated heterocycles. The summed E-state index contributed by atoms with van der Waals surface area (Å²) in [6.45, 7) is 1.81. The topological polar surface area (TPSA) is 69.0 Å². The molecular weight excluding hydrogens is 292 g/mol. The molecule has 1 aromatic heterocycles. The molecule has 1 heterocycles. The first-order valence-corrected chi connectivity index (χ1v) is 8.17. The number of benzene rings is 1. The van der Waals surface area contributed by atoms with Crippen molar-refractivity contribution in [2.45, 2.75) is 51.2 Å². The smallest absolute Gasteiger partial charge is 0.408 e. The van der Waals surface area contributed by atoms with Crippen molar-refractivity contribution < 1.29 is 9.53 Å². The van der Waals surface area contributed by atoms with Gasteiger partial charge in [-0.3, -0.25) is 0 Å². The molecule has 0 spiro atoms. The van der Waals surface area contributed by atoms with Crippen LogP contribution in [0.5, 0.6) is 0 Å². The fourth-order valence-electron chi connectivity index (χ4n) is 2.84. The average Bonchev–Trinajstić information content (AvgIpc) is 3.06. The lowest BCUT2D eigenvalue weighted by Crippen LogP contribution is -2.36. The molecule has 1 aromatic carbocycles. The van der Waals surface area contributed by atoms with Crippen molar-refractivity contribution in [2.24, 2.45) is 0 Å². The van der Waals surface area contributed by atoms with Crippen molar-refractivity contribution >= 4 is 6.09 Å². The van der Waals surface area contributed by atoms with Crippen LogP contribution in [0.25, 0.3) is 5.69 Å². The Morgan fingerprint density at radius 3 is 2.74 bits per heavy atom. The van der Waals surface area contributed by atoms with E-state index in [1.807, 2.05) is 30.3 Å². The zero-order valence-corrected chi connectivity index (χ0v) is 13.3. The van der Waals surface area contributed by atoms with Crippen LogP contribution in [0.4, 0.5) is 4.79 Å². The van der Waals surface area contributed by atoms with E-state index in [4.69, 9.17) is 4.74 Å². The Labute approximate surface area is 135 Å². The second kappa shape index (κ2) is 7.26. The van der Waals surface area contributed by atoms with Gasteiger partial charge in [0.25, 0.3) is 0 Å². The van der Waals surface area contributed by atoms with Gasteiger partial charge >= 0.3 is 6.09 Å². The Morgan fingerprint density at radius 1 is 1.26 bits per heavy atom. The Morgan fingerprint density at radius 2 is 2.00 bits per heavy atom. The molecule has 1 atom stereocenters. The lowest BCUT2D eigenvalue weighted by Gasteiger charge is -2.23. The van der Waals surface area contributed by atoms with Gasteiger partial charge in [0.15, 0.2) is 0 Å². The predicted molar refractivity (Wildman–Crippen MR) is 86.3 cm³/mol. The zero-order chi connectivity index (χ0) is 16.1. The zero-order valence-electron chi connectivity index (χ0n) is 13.3. The number of amides is 1. The number of aromatic nitrogens is 3. The Kier molecular flexibility index (Phi) is 4.90. The molecule has 1 amide bonds. The molecule has 1 saturated carbocycles. The van der Waals surface area contributed by atoms with Crippen molar-refractivity contribution in [1.82, 2.24) is 20.3 Å². The van der Waals surface area contributed by atoms with Crippen molar-refractivity contribution in [1.29, 1.82) is 0 Å². The van der Waals surface area contributed by atoms with E-state index in [0.29, 0.717) is 5.69 Å². The second-order valence-corrected chi connectivity index (χ2v) is 5.95. The summed E-state index contributed by atoms with van der Waals surface area (Å²) in [5.74, 6) is 0. The lowest BCUT2D eigenvalue weighted by atomic mass is 9.96. The fourth-order valence-corrected chi connectivity index (χ4v) is 2.84. The van der Waals surface area contributed by atoms with Gasteiger partial charge in [-0.05, 0) is 31.9 Å². The maximum Gasteiger partial charge on any atom is 0.408 e. The van der Waals surface area contributed by atoms with Crippen LogP contribution >= 0.6 is 0 Å². The first-order valence-electron chi connectivity index (χ1n) is 8.17. The Bertz CT molecular complexity index is 635. The summed E-state index contributed by atoms with van der Waals surface area (Å²) in [6.07, 6.45) is 6.65. The summed E-state index contributed by atoms with van der Waals surface area (Å²) in [7, 11) is 0. The number of hydrogen-bond acceptors (Lipinski definition) is 4. The number of para-hydroxylation sites is 1. The van der Waals surface area contributed by atoms with Gasteiger partial charge in [-0.1, -0.05) is 42.7 Å². The van der Waals surface area contributed by atoms with E-state index in [2.05, 4.69) is 15.6 Å². The van der Waals surface area contributed by atoms with E-state index in [-0.39, 0.29) is 12.1 Å². The molecule has 2 aromatic rings. The van der Waals surface area contributed by atoms with Crippen LogP contribution < -0.4 is 5.32 Å². The van der Waals surface area contributed by atoms with Crippen molar-refractivity contribution in [2.75, 3.05) is 0 Å². The van der Waals surface area contributed by atoms with Crippen LogP contribution in [0.15, 0.2) is 36.5 Å². The van der Waals surface area contributed by atoms with E-state index in [1.165, 1.54) is 19.3 Å². The van der Waals surface area contributed by atoms with Gasteiger partial charge in [0.2, 0.25) is 0 Å². The Hall–Kier alpha value is -2.37. The first kappa shape index (κ1) is 15.5. The minimum Gasteiger partial charge on any atom is -0.440 e. The predicted octanol–water partition coefficient (Wildman–Crippen LogP) is 3.39. The van der Waals surface area contributed by atoms with Gasteiger partial charge in [0.05, 0.1) is 11.9 Å². The van der Waals surface area contributed by atoms with E-state index < -0.39 is 6.10 Å². The van der Waals surface area contributed by atoms with Crippen molar-refractivity contribution in [3.05, 3.63) is 42.2 Å². The number of nitrogens with one attached hydrogen (secondary N) is 1. The third kappa shape index (κ3) is 4.09. The fraction of sp³-hybridized carbons (Fsp3) is 0.471. The molecule has 1 aliphatic rings. The third-order valence-electron chi connectivity index (χ3n) is 4.16. The summed E-state index contributed by atoms with van der Waals surface area (Å²) in [5.41, 5.74) is 1.55. The van der Waals surface area contributed by atoms with Crippen LogP contribution in [-0.4, -0.2) is 27.1 Å². The summed E-state index contributed by atoms with van der Waals surface area (Å²) in [6, 6.07) is 9.95. The van der Waals surface area contributed by atoms with Crippen LogP contribution in [-0.2, 0) is 4.74 Å². The van der Waals surface area contributed by atoms with Crippen LogP contribution in [0.1, 0.15) is 50.8 Å². The second-order valence-electron chi connectivity index (χ2n) is 5.95. The molecule has 1 N–H and O–H groups in total. The number of carbonyl (C=O) groups excluding carboxylic acids is 1. The van der Waals surface area contributed by atoms with E-state index in [9.17, 15) is 4.79 Å². The largest absolute Gasteiger partial charge is 0.440 e. The summed E-state index contributed by atoms with van der Waals surface area (Å²) in [4.78, 5) is 12.0. The van der Waals surface area contributed by atoms with Gasteiger partial charge < -0.3 is 10.1 Å². The van der Waals surface area contributed by atoms with E-state index in [1.54, 1.807) is 17.8 Å². The first-order chi connectivity index (χ1) is 11.2. The van der Waals surface area contributed by atoms with Crippen LogP contribution in [0.3, 0.4) is 0 Å². The van der Waals surface area contributed by atoms with Crippen molar-refractivity contribution in [3.8, 4) is 5.69 Å². The maximum atomic E-state index is 12.0. The molecule has 0 radical (unpaired) electrons. The molecule has 1 unspecified atom stereocenters. The average molecular weight is 314 g/mol. The number of carbonyl (C=O) groups is 1. The standard InChI is InChI=1S/C17H22N4O2/c1-13(23-17(22)18-14-8-4-2-5-9-14)16-12-21(20-19-16)15-10-6-3-7-11-15/h3,6-7,10-14H,2,4-5,8-9H2,1H3,(H,18,22). The molecule has 6 heteroatoms. The van der Waals surface area contributed by atoms with Gasteiger partial charge in [0, 0.05) is 6.04 Å². The van der Waals surface area contributed by atoms with Gasteiger partial charge in [-0.15, -0.1) is 5.10 Å². The molecule has 6 nitrogen and oxygen atoms in total. The molecule has 1 fully saturated rings. The number of rotatable bonds is 4. The molecule has 0 bridgehead atoms. The summed E-state index contributed by atoms with van der Waals surface area (Å²) in [5, 5.41) is 11.1. The number of alkyl carbamates (subject to hydrolysis) is 1. The normalized spacial score (nSPS) is 16.7. The third-order valence-corrected chi connectivity index (χ3v) is 4.16. The number of hydrogen-bond donors (Lipinski definition) is 1. The summed E-state index contributed by atoms with van der Waals surface area (Å²) < 4.78 is 7.10. The monoisotopic (exact) mass is 314 g/mol.